The molecule has 1 aromatic carbocycles. The zero-order chi connectivity index (χ0) is 19.5. The molecule has 0 spiro atoms. The normalized spacial score (nSPS) is 12.4. The maximum Gasteiger partial charge on any atom is 0.240 e. The summed E-state index contributed by atoms with van der Waals surface area (Å²) < 4.78 is 25.5. The van der Waals surface area contributed by atoms with E-state index in [1.54, 1.807) is 16.9 Å². The standard InChI is InChI=1S/C18H26N4O3S/c1-18(2,3)15-8-6-14(7-9-15)12-22-16(10-11-19-22)20-17(23)13-21(4)26(5,24)25/h6-11H,12-13H2,1-5H3,(H,20,23). The Labute approximate surface area is 155 Å². The van der Waals surface area contributed by atoms with Crippen molar-refractivity contribution in [3.05, 3.63) is 47.7 Å². The summed E-state index contributed by atoms with van der Waals surface area (Å²) in [6.07, 6.45) is 2.66. The number of anilines is 1. The highest BCUT2D eigenvalue weighted by Gasteiger charge is 2.17. The van der Waals surface area contributed by atoms with Crippen molar-refractivity contribution in [2.24, 2.45) is 0 Å². The first-order valence-corrected chi connectivity index (χ1v) is 10.1. The number of carbonyl (C=O) groups excluding carboxylic acids is 1. The van der Waals surface area contributed by atoms with Gasteiger partial charge in [-0.05, 0) is 16.5 Å². The predicted molar refractivity (Wildman–Crippen MR) is 103 cm³/mol. The molecule has 0 aliphatic heterocycles. The lowest BCUT2D eigenvalue weighted by atomic mass is 9.87. The molecule has 1 N–H and O–H groups in total. The van der Waals surface area contributed by atoms with Crippen LogP contribution < -0.4 is 5.32 Å². The third kappa shape index (κ3) is 5.40. The molecular formula is C18H26N4O3S. The second kappa shape index (κ2) is 7.59. The number of benzene rings is 1. The van der Waals surface area contributed by atoms with Gasteiger partial charge in [0.15, 0.2) is 0 Å². The minimum atomic E-state index is -3.40. The molecule has 0 radical (unpaired) electrons. The molecule has 26 heavy (non-hydrogen) atoms. The lowest BCUT2D eigenvalue weighted by Crippen LogP contribution is -2.34. The third-order valence-electron chi connectivity index (χ3n) is 4.07. The number of nitrogens with zero attached hydrogens (tertiary/aromatic N) is 3. The minimum absolute atomic E-state index is 0.0923. The molecular weight excluding hydrogens is 352 g/mol. The monoisotopic (exact) mass is 378 g/mol. The van der Waals surface area contributed by atoms with Crippen LogP contribution in [0.5, 0.6) is 0 Å². The molecule has 0 aliphatic carbocycles. The maximum absolute atomic E-state index is 12.1. The molecule has 1 amide bonds. The number of aromatic nitrogens is 2. The lowest BCUT2D eigenvalue weighted by molar-refractivity contribution is -0.116. The van der Waals surface area contributed by atoms with Gasteiger partial charge in [0.05, 0.1) is 25.5 Å². The largest absolute Gasteiger partial charge is 0.310 e. The number of likely N-dealkylation sites (N-methyl/N-ethyl adjacent to an activating group) is 1. The van der Waals surface area contributed by atoms with E-state index in [9.17, 15) is 13.2 Å². The summed E-state index contributed by atoms with van der Waals surface area (Å²) >= 11 is 0. The number of nitrogens with one attached hydrogen (secondary N) is 1. The smallest absolute Gasteiger partial charge is 0.240 e. The van der Waals surface area contributed by atoms with E-state index in [1.807, 2.05) is 12.1 Å². The third-order valence-corrected chi connectivity index (χ3v) is 5.33. The minimum Gasteiger partial charge on any atom is -0.310 e. The van der Waals surface area contributed by atoms with Crippen molar-refractivity contribution >= 4 is 21.7 Å². The molecule has 2 rings (SSSR count). The summed E-state index contributed by atoms with van der Waals surface area (Å²) in [6, 6.07) is 9.97. The van der Waals surface area contributed by atoms with Crippen LogP contribution in [-0.2, 0) is 26.8 Å². The van der Waals surface area contributed by atoms with Crippen LogP contribution in [0.4, 0.5) is 5.82 Å². The van der Waals surface area contributed by atoms with Gasteiger partial charge in [0.25, 0.3) is 0 Å². The van der Waals surface area contributed by atoms with Gasteiger partial charge in [-0.3, -0.25) is 4.79 Å². The Bertz CT molecular complexity index is 865. The average molecular weight is 378 g/mol. The predicted octanol–water partition coefficient (Wildman–Crippen LogP) is 2.06. The van der Waals surface area contributed by atoms with Gasteiger partial charge >= 0.3 is 0 Å². The van der Waals surface area contributed by atoms with Crippen LogP contribution >= 0.6 is 0 Å². The molecule has 0 atom stereocenters. The van der Waals surface area contributed by atoms with Crippen LogP contribution in [-0.4, -0.2) is 48.3 Å². The van der Waals surface area contributed by atoms with E-state index < -0.39 is 15.9 Å². The fourth-order valence-electron chi connectivity index (χ4n) is 2.35. The van der Waals surface area contributed by atoms with Gasteiger partial charge < -0.3 is 5.32 Å². The maximum atomic E-state index is 12.1. The highest BCUT2D eigenvalue weighted by Crippen LogP contribution is 2.22. The molecule has 1 heterocycles. The van der Waals surface area contributed by atoms with Crippen molar-refractivity contribution < 1.29 is 13.2 Å². The summed E-state index contributed by atoms with van der Waals surface area (Å²) in [7, 11) is -2.04. The summed E-state index contributed by atoms with van der Waals surface area (Å²) in [5.74, 6) is 0.111. The Morgan fingerprint density at radius 2 is 1.81 bits per heavy atom. The number of rotatable bonds is 6. The van der Waals surface area contributed by atoms with E-state index in [0.29, 0.717) is 12.4 Å². The summed E-state index contributed by atoms with van der Waals surface area (Å²) in [5.41, 5.74) is 2.40. The van der Waals surface area contributed by atoms with Crippen molar-refractivity contribution in [1.29, 1.82) is 0 Å². The topological polar surface area (TPSA) is 84.3 Å². The molecule has 8 heteroatoms. The number of hydrogen-bond donors (Lipinski definition) is 1. The van der Waals surface area contributed by atoms with Gasteiger partial charge in [-0.25, -0.2) is 13.1 Å². The van der Waals surface area contributed by atoms with E-state index in [-0.39, 0.29) is 12.0 Å². The van der Waals surface area contributed by atoms with E-state index in [1.165, 1.54) is 12.6 Å². The fraction of sp³-hybridized carbons (Fsp3) is 0.444. The van der Waals surface area contributed by atoms with Gasteiger partial charge in [-0.1, -0.05) is 45.0 Å². The first-order valence-electron chi connectivity index (χ1n) is 8.29. The number of sulfonamides is 1. The highest BCUT2D eigenvalue weighted by atomic mass is 32.2. The zero-order valence-corrected chi connectivity index (χ0v) is 16.7. The molecule has 0 bridgehead atoms. The van der Waals surface area contributed by atoms with Crippen molar-refractivity contribution in [2.45, 2.75) is 32.7 Å². The van der Waals surface area contributed by atoms with E-state index >= 15 is 0 Å². The Kier molecular flexibility index (Phi) is 5.87. The van der Waals surface area contributed by atoms with Gasteiger partial charge in [0, 0.05) is 13.1 Å². The van der Waals surface area contributed by atoms with Gasteiger partial charge in [-0.2, -0.15) is 9.40 Å². The van der Waals surface area contributed by atoms with Crippen molar-refractivity contribution in [2.75, 3.05) is 25.2 Å². The Hall–Kier alpha value is -2.19. The van der Waals surface area contributed by atoms with Gasteiger partial charge in [0.2, 0.25) is 15.9 Å². The highest BCUT2D eigenvalue weighted by molar-refractivity contribution is 7.88. The number of hydrogen-bond acceptors (Lipinski definition) is 4. The molecule has 0 saturated heterocycles. The summed E-state index contributed by atoms with van der Waals surface area (Å²) in [6.45, 7) is 6.75. The quantitative estimate of drug-likeness (QED) is 0.834. The molecule has 0 fully saturated rings. The molecule has 0 saturated carbocycles. The van der Waals surface area contributed by atoms with Crippen LogP contribution in [0.3, 0.4) is 0 Å². The van der Waals surface area contributed by atoms with Crippen LogP contribution in [0.25, 0.3) is 0 Å². The first-order chi connectivity index (χ1) is 12.0. The van der Waals surface area contributed by atoms with Gasteiger partial charge in [0.1, 0.15) is 5.82 Å². The second-order valence-corrected chi connectivity index (χ2v) is 9.48. The Morgan fingerprint density at radius 3 is 2.35 bits per heavy atom. The SMILES string of the molecule is CN(CC(=O)Nc1ccnn1Cc1ccc(C(C)(C)C)cc1)S(C)(=O)=O. The van der Waals surface area contributed by atoms with Gasteiger partial charge in [-0.15, -0.1) is 0 Å². The summed E-state index contributed by atoms with van der Waals surface area (Å²) in [5, 5.41) is 6.94. The molecule has 1 aromatic heterocycles. The van der Waals surface area contributed by atoms with E-state index in [4.69, 9.17) is 0 Å². The molecule has 142 valence electrons. The van der Waals surface area contributed by atoms with Crippen LogP contribution in [0, 0.1) is 0 Å². The van der Waals surface area contributed by atoms with E-state index in [0.717, 1.165) is 16.1 Å². The first kappa shape index (κ1) is 20.1. The molecule has 0 unspecified atom stereocenters. The van der Waals surface area contributed by atoms with Crippen molar-refractivity contribution in [3.8, 4) is 0 Å². The fourth-order valence-corrected chi connectivity index (χ4v) is 2.70. The number of amides is 1. The second-order valence-electron chi connectivity index (χ2n) is 7.39. The number of carbonyl (C=O) groups is 1. The Morgan fingerprint density at radius 1 is 1.19 bits per heavy atom. The molecule has 2 aromatic rings. The summed E-state index contributed by atoms with van der Waals surface area (Å²) in [4.78, 5) is 12.1. The molecule has 0 aliphatic rings. The van der Waals surface area contributed by atoms with Crippen molar-refractivity contribution in [1.82, 2.24) is 14.1 Å². The zero-order valence-electron chi connectivity index (χ0n) is 15.9. The molecule has 7 nitrogen and oxygen atoms in total. The lowest BCUT2D eigenvalue weighted by Gasteiger charge is -2.19. The van der Waals surface area contributed by atoms with E-state index in [2.05, 4.69) is 43.3 Å². The van der Waals surface area contributed by atoms with Crippen LogP contribution in [0.1, 0.15) is 31.9 Å². The van der Waals surface area contributed by atoms with Crippen molar-refractivity contribution in [3.63, 3.8) is 0 Å². The van der Waals surface area contributed by atoms with Crippen LogP contribution in [0.15, 0.2) is 36.5 Å². The Balaban J connectivity index is 2.05. The van der Waals surface area contributed by atoms with Crippen LogP contribution in [0.2, 0.25) is 0 Å². The average Bonchev–Trinajstić information content (AvgIpc) is 2.92.